The summed E-state index contributed by atoms with van der Waals surface area (Å²) in [6.45, 7) is 2.24. The molecule has 0 aliphatic carbocycles. The van der Waals surface area contributed by atoms with Crippen molar-refractivity contribution in [1.82, 2.24) is 5.32 Å². The van der Waals surface area contributed by atoms with Gasteiger partial charge in [-0.15, -0.1) is 0 Å². The van der Waals surface area contributed by atoms with Crippen LogP contribution < -0.4 is 5.32 Å². The molecule has 4 nitrogen and oxygen atoms in total. The molecule has 2 aromatic carbocycles. The van der Waals surface area contributed by atoms with Crippen LogP contribution in [-0.2, 0) is 27.5 Å². The van der Waals surface area contributed by atoms with Crippen molar-refractivity contribution < 1.29 is 14.3 Å². The molecule has 3 rings (SSSR count). The van der Waals surface area contributed by atoms with E-state index in [0.29, 0.717) is 32.8 Å². The minimum Gasteiger partial charge on any atom is -0.374 e. The minimum absolute atomic E-state index is 0.0899. The van der Waals surface area contributed by atoms with Crippen molar-refractivity contribution in [2.75, 3.05) is 13.2 Å². The van der Waals surface area contributed by atoms with Crippen molar-refractivity contribution in [1.29, 1.82) is 0 Å². The van der Waals surface area contributed by atoms with E-state index >= 15 is 0 Å². The summed E-state index contributed by atoms with van der Waals surface area (Å²) < 4.78 is 11.9. The highest BCUT2D eigenvalue weighted by molar-refractivity contribution is 5.78. The third-order valence-electron chi connectivity index (χ3n) is 4.24. The van der Waals surface area contributed by atoms with Gasteiger partial charge in [-0.3, -0.25) is 4.79 Å². The number of ether oxygens (including phenoxy) is 2. The van der Waals surface area contributed by atoms with Gasteiger partial charge in [-0.2, -0.15) is 0 Å². The van der Waals surface area contributed by atoms with E-state index < -0.39 is 0 Å². The quantitative estimate of drug-likeness (QED) is 0.812. The Hall–Kier alpha value is -2.17. The van der Waals surface area contributed by atoms with E-state index in [0.717, 1.165) is 11.1 Å². The average molecular weight is 325 g/mol. The number of hydrogen-bond donors (Lipinski definition) is 1. The second kappa shape index (κ2) is 8.62. The minimum atomic E-state index is -0.0899. The standard InChI is InChI=1S/C20H23NO3/c22-20-11-18(12-21-20)19(24-14-17-9-5-2-6-10-17)15-23-13-16-7-3-1-4-8-16/h1-10,18-19H,11-15H2,(H,21,22)/t18-,19-/m1/s1. The number of nitrogens with one attached hydrogen (secondary N) is 1. The van der Waals surface area contributed by atoms with Crippen molar-refractivity contribution in [2.45, 2.75) is 25.7 Å². The topological polar surface area (TPSA) is 47.6 Å². The van der Waals surface area contributed by atoms with Gasteiger partial charge in [-0.25, -0.2) is 0 Å². The van der Waals surface area contributed by atoms with E-state index in [2.05, 4.69) is 5.32 Å². The van der Waals surface area contributed by atoms with Crippen molar-refractivity contribution in [3.63, 3.8) is 0 Å². The fourth-order valence-corrected chi connectivity index (χ4v) is 2.86. The van der Waals surface area contributed by atoms with E-state index in [1.54, 1.807) is 0 Å². The maximum atomic E-state index is 11.5. The summed E-state index contributed by atoms with van der Waals surface area (Å²) in [7, 11) is 0. The predicted octanol–water partition coefficient (Wildman–Crippen LogP) is 2.92. The van der Waals surface area contributed by atoms with Crippen LogP contribution in [0.5, 0.6) is 0 Å². The van der Waals surface area contributed by atoms with Crippen LogP contribution in [0.2, 0.25) is 0 Å². The Morgan fingerprint density at radius 2 is 1.58 bits per heavy atom. The number of amides is 1. The average Bonchev–Trinajstić information content (AvgIpc) is 3.06. The molecule has 2 atom stereocenters. The maximum Gasteiger partial charge on any atom is 0.220 e. The van der Waals surface area contributed by atoms with Gasteiger partial charge >= 0.3 is 0 Å². The Balaban J connectivity index is 1.54. The highest BCUT2D eigenvalue weighted by Crippen LogP contribution is 2.19. The first-order chi connectivity index (χ1) is 11.8. The summed E-state index contributed by atoms with van der Waals surface area (Å²) >= 11 is 0. The fraction of sp³-hybridized carbons (Fsp3) is 0.350. The molecule has 126 valence electrons. The molecular formula is C20H23NO3. The zero-order valence-electron chi connectivity index (χ0n) is 13.7. The van der Waals surface area contributed by atoms with Gasteiger partial charge in [0.1, 0.15) is 0 Å². The van der Waals surface area contributed by atoms with E-state index in [4.69, 9.17) is 9.47 Å². The largest absolute Gasteiger partial charge is 0.374 e. The molecule has 1 fully saturated rings. The third kappa shape index (κ3) is 4.91. The molecule has 4 heteroatoms. The molecule has 0 bridgehead atoms. The van der Waals surface area contributed by atoms with Crippen molar-refractivity contribution in [3.05, 3.63) is 71.8 Å². The van der Waals surface area contributed by atoms with E-state index in [1.807, 2.05) is 60.7 Å². The molecule has 1 saturated heterocycles. The van der Waals surface area contributed by atoms with E-state index in [9.17, 15) is 4.79 Å². The van der Waals surface area contributed by atoms with Gasteiger partial charge in [0.2, 0.25) is 5.91 Å². The van der Waals surface area contributed by atoms with Gasteiger partial charge < -0.3 is 14.8 Å². The van der Waals surface area contributed by atoms with E-state index in [1.165, 1.54) is 0 Å². The van der Waals surface area contributed by atoms with Crippen LogP contribution >= 0.6 is 0 Å². The second-order valence-electron chi connectivity index (χ2n) is 6.10. The lowest BCUT2D eigenvalue weighted by molar-refractivity contribution is -0.120. The van der Waals surface area contributed by atoms with Crippen molar-refractivity contribution in [2.24, 2.45) is 5.92 Å². The highest BCUT2D eigenvalue weighted by atomic mass is 16.5. The second-order valence-corrected chi connectivity index (χ2v) is 6.10. The smallest absolute Gasteiger partial charge is 0.220 e. The van der Waals surface area contributed by atoms with Gasteiger partial charge in [-0.1, -0.05) is 60.7 Å². The number of rotatable bonds is 8. The van der Waals surface area contributed by atoms with Crippen LogP contribution in [0.15, 0.2) is 60.7 Å². The zero-order valence-corrected chi connectivity index (χ0v) is 13.7. The SMILES string of the molecule is O=C1C[C@@H]([C@@H](COCc2ccccc2)OCc2ccccc2)CN1. The Morgan fingerprint density at radius 3 is 2.17 bits per heavy atom. The summed E-state index contributed by atoms with van der Waals surface area (Å²) in [5.74, 6) is 0.258. The Morgan fingerprint density at radius 1 is 0.958 bits per heavy atom. The summed E-state index contributed by atoms with van der Waals surface area (Å²) in [6.07, 6.45) is 0.418. The Kier molecular flexibility index (Phi) is 5.99. The number of hydrogen-bond acceptors (Lipinski definition) is 3. The van der Waals surface area contributed by atoms with Gasteiger partial charge in [0.05, 0.1) is 25.9 Å². The molecule has 0 aromatic heterocycles. The Bertz CT molecular complexity index is 630. The van der Waals surface area contributed by atoms with Crippen molar-refractivity contribution >= 4 is 5.91 Å². The number of carbonyl (C=O) groups excluding carboxylic acids is 1. The van der Waals surface area contributed by atoms with Crippen LogP contribution in [0.25, 0.3) is 0 Å². The lowest BCUT2D eigenvalue weighted by Crippen LogP contribution is -2.30. The molecular weight excluding hydrogens is 302 g/mol. The van der Waals surface area contributed by atoms with Crippen LogP contribution in [-0.4, -0.2) is 25.2 Å². The van der Waals surface area contributed by atoms with Crippen LogP contribution in [0.3, 0.4) is 0 Å². The molecule has 1 heterocycles. The van der Waals surface area contributed by atoms with Crippen LogP contribution in [0.1, 0.15) is 17.5 Å². The summed E-state index contributed by atoms with van der Waals surface area (Å²) in [5, 5.41) is 2.88. The van der Waals surface area contributed by atoms with E-state index in [-0.39, 0.29) is 17.9 Å². The number of carbonyl (C=O) groups is 1. The highest BCUT2D eigenvalue weighted by Gasteiger charge is 2.30. The predicted molar refractivity (Wildman–Crippen MR) is 92.2 cm³/mol. The number of benzene rings is 2. The molecule has 0 radical (unpaired) electrons. The lowest BCUT2D eigenvalue weighted by Gasteiger charge is -2.23. The summed E-state index contributed by atoms with van der Waals surface area (Å²) in [5.41, 5.74) is 2.27. The molecule has 1 N–H and O–H groups in total. The van der Waals surface area contributed by atoms with Crippen molar-refractivity contribution in [3.8, 4) is 0 Å². The first-order valence-electron chi connectivity index (χ1n) is 8.35. The van der Waals surface area contributed by atoms with Gasteiger partial charge in [0.15, 0.2) is 0 Å². The molecule has 1 aliphatic heterocycles. The maximum absolute atomic E-state index is 11.5. The fourth-order valence-electron chi connectivity index (χ4n) is 2.86. The van der Waals surface area contributed by atoms with Gasteiger partial charge in [-0.05, 0) is 11.1 Å². The first-order valence-corrected chi connectivity index (χ1v) is 8.35. The first kappa shape index (κ1) is 16.7. The molecule has 0 saturated carbocycles. The van der Waals surface area contributed by atoms with Gasteiger partial charge in [0.25, 0.3) is 0 Å². The Labute approximate surface area is 142 Å². The molecule has 0 spiro atoms. The van der Waals surface area contributed by atoms with Gasteiger partial charge in [0, 0.05) is 18.9 Å². The molecule has 24 heavy (non-hydrogen) atoms. The molecule has 0 unspecified atom stereocenters. The lowest BCUT2D eigenvalue weighted by atomic mass is 10.0. The summed E-state index contributed by atoms with van der Waals surface area (Å²) in [6, 6.07) is 20.2. The van der Waals surface area contributed by atoms with Crippen LogP contribution in [0, 0.1) is 5.92 Å². The monoisotopic (exact) mass is 325 g/mol. The normalized spacial score (nSPS) is 18.3. The summed E-state index contributed by atoms with van der Waals surface area (Å²) in [4.78, 5) is 11.5. The molecule has 1 amide bonds. The molecule has 1 aliphatic rings. The third-order valence-corrected chi connectivity index (χ3v) is 4.24. The molecule has 2 aromatic rings. The van der Waals surface area contributed by atoms with Crippen LogP contribution in [0.4, 0.5) is 0 Å². The zero-order chi connectivity index (χ0) is 16.6.